The highest BCUT2D eigenvalue weighted by Crippen LogP contribution is 2.16. The topological polar surface area (TPSA) is 62.2 Å². The van der Waals surface area contributed by atoms with Crippen molar-refractivity contribution in [2.24, 2.45) is 0 Å². The summed E-state index contributed by atoms with van der Waals surface area (Å²) < 4.78 is 0. The summed E-state index contributed by atoms with van der Waals surface area (Å²) in [4.78, 5) is 15.6. The van der Waals surface area contributed by atoms with Crippen LogP contribution in [0.15, 0.2) is 42.5 Å². The van der Waals surface area contributed by atoms with E-state index in [-0.39, 0.29) is 22.5 Å². The van der Waals surface area contributed by atoms with Crippen LogP contribution in [0.2, 0.25) is 5.15 Å². The summed E-state index contributed by atoms with van der Waals surface area (Å²) in [6.07, 6.45) is 0. The van der Waals surface area contributed by atoms with Gasteiger partial charge in [0, 0.05) is 11.8 Å². The summed E-state index contributed by atoms with van der Waals surface area (Å²) in [5.41, 5.74) is 0.720. The average molecular weight is 249 g/mol. The van der Waals surface area contributed by atoms with Crippen LogP contribution < -0.4 is 5.32 Å². The van der Waals surface area contributed by atoms with Gasteiger partial charge < -0.3 is 10.4 Å². The predicted molar refractivity (Wildman–Crippen MR) is 65.3 cm³/mol. The average Bonchev–Trinajstić information content (AvgIpc) is 2.29. The Balaban J connectivity index is 2.17. The molecule has 0 unspecified atom stereocenters. The fraction of sp³-hybridized carbons (Fsp3) is 0. The van der Waals surface area contributed by atoms with Crippen LogP contribution in [0.5, 0.6) is 5.75 Å². The van der Waals surface area contributed by atoms with E-state index in [1.54, 1.807) is 30.3 Å². The van der Waals surface area contributed by atoms with Crippen LogP contribution >= 0.6 is 11.6 Å². The maximum atomic E-state index is 11.8. The van der Waals surface area contributed by atoms with Crippen LogP contribution in [0.25, 0.3) is 0 Å². The molecule has 2 rings (SSSR count). The lowest BCUT2D eigenvalue weighted by Gasteiger charge is -2.04. The van der Waals surface area contributed by atoms with Gasteiger partial charge in [-0.2, -0.15) is 0 Å². The van der Waals surface area contributed by atoms with Crippen molar-refractivity contribution in [1.29, 1.82) is 0 Å². The van der Waals surface area contributed by atoms with Gasteiger partial charge in [-0.3, -0.25) is 4.79 Å². The maximum absolute atomic E-state index is 11.8. The smallest absolute Gasteiger partial charge is 0.274 e. The number of carbonyl (C=O) groups excluding carboxylic acids is 1. The van der Waals surface area contributed by atoms with Gasteiger partial charge in [-0.25, -0.2) is 4.98 Å². The van der Waals surface area contributed by atoms with Gasteiger partial charge in [-0.05, 0) is 24.3 Å². The number of carbonyl (C=O) groups is 1. The lowest BCUT2D eigenvalue weighted by molar-refractivity contribution is 0.102. The Bertz CT molecular complexity index is 558. The molecule has 0 aliphatic rings. The van der Waals surface area contributed by atoms with E-state index in [4.69, 9.17) is 11.6 Å². The maximum Gasteiger partial charge on any atom is 0.274 e. The molecule has 1 aromatic heterocycles. The molecule has 5 heteroatoms. The fourth-order valence-electron chi connectivity index (χ4n) is 1.31. The first kappa shape index (κ1) is 11.4. The first-order valence-electron chi connectivity index (χ1n) is 4.88. The number of phenols is 1. The van der Waals surface area contributed by atoms with E-state index in [2.05, 4.69) is 10.3 Å². The van der Waals surface area contributed by atoms with Gasteiger partial charge in [0.1, 0.15) is 16.6 Å². The molecule has 0 bridgehead atoms. The zero-order valence-electron chi connectivity index (χ0n) is 8.72. The van der Waals surface area contributed by atoms with E-state index in [1.807, 2.05) is 0 Å². The van der Waals surface area contributed by atoms with Gasteiger partial charge >= 0.3 is 0 Å². The number of nitrogens with zero attached hydrogens (tertiary/aromatic N) is 1. The zero-order valence-corrected chi connectivity index (χ0v) is 9.48. The van der Waals surface area contributed by atoms with Crippen LogP contribution in [0.4, 0.5) is 5.69 Å². The van der Waals surface area contributed by atoms with E-state index < -0.39 is 0 Å². The Morgan fingerprint density at radius 1 is 1.24 bits per heavy atom. The molecule has 0 atom stereocenters. The van der Waals surface area contributed by atoms with Gasteiger partial charge in [0.25, 0.3) is 5.91 Å². The van der Waals surface area contributed by atoms with Gasteiger partial charge in [0.2, 0.25) is 0 Å². The molecule has 1 aromatic carbocycles. The Kier molecular flexibility index (Phi) is 3.25. The number of phenolic OH excluding ortho intramolecular Hbond substituents is 1. The lowest BCUT2D eigenvalue weighted by atomic mass is 10.3. The van der Waals surface area contributed by atoms with Gasteiger partial charge in [0.05, 0.1) is 0 Å². The first-order chi connectivity index (χ1) is 8.15. The summed E-state index contributed by atoms with van der Waals surface area (Å²) in [6, 6.07) is 11.1. The van der Waals surface area contributed by atoms with Crippen molar-refractivity contribution in [3.8, 4) is 5.75 Å². The predicted octanol–water partition coefficient (Wildman–Crippen LogP) is 2.69. The number of hydrogen-bond donors (Lipinski definition) is 2. The number of hydrogen-bond acceptors (Lipinski definition) is 3. The minimum Gasteiger partial charge on any atom is -0.508 e. The van der Waals surface area contributed by atoms with Crippen LogP contribution in [0.3, 0.4) is 0 Å². The molecule has 0 saturated heterocycles. The molecule has 0 saturated carbocycles. The van der Waals surface area contributed by atoms with Crippen molar-refractivity contribution >= 4 is 23.2 Å². The van der Waals surface area contributed by atoms with E-state index in [0.717, 1.165) is 0 Å². The number of benzene rings is 1. The van der Waals surface area contributed by atoms with Crippen molar-refractivity contribution in [2.75, 3.05) is 5.32 Å². The molecule has 4 nitrogen and oxygen atoms in total. The monoisotopic (exact) mass is 248 g/mol. The van der Waals surface area contributed by atoms with Crippen LogP contribution in [0, 0.1) is 0 Å². The molecule has 1 heterocycles. The fourth-order valence-corrected chi connectivity index (χ4v) is 1.48. The summed E-state index contributed by atoms with van der Waals surface area (Å²) in [5.74, 6) is -0.292. The highest BCUT2D eigenvalue weighted by atomic mass is 35.5. The third kappa shape index (κ3) is 2.95. The Morgan fingerprint density at radius 2 is 2.00 bits per heavy atom. The first-order valence-corrected chi connectivity index (χ1v) is 5.26. The van der Waals surface area contributed by atoms with Crippen LogP contribution in [-0.4, -0.2) is 16.0 Å². The van der Waals surface area contributed by atoms with Crippen molar-refractivity contribution in [3.05, 3.63) is 53.3 Å². The molecule has 0 fully saturated rings. The molecule has 2 N–H and O–H groups in total. The van der Waals surface area contributed by atoms with E-state index in [9.17, 15) is 9.90 Å². The Hall–Kier alpha value is -2.07. The highest BCUT2D eigenvalue weighted by Gasteiger charge is 2.07. The Labute approximate surface area is 103 Å². The number of aromatic nitrogens is 1. The summed E-state index contributed by atoms with van der Waals surface area (Å²) in [6.45, 7) is 0. The normalized spacial score (nSPS) is 9.94. The quantitative estimate of drug-likeness (QED) is 0.804. The van der Waals surface area contributed by atoms with Crippen molar-refractivity contribution < 1.29 is 9.90 Å². The number of aromatic hydroxyl groups is 1. The lowest BCUT2D eigenvalue weighted by Crippen LogP contribution is -2.13. The number of amides is 1. The van der Waals surface area contributed by atoms with E-state index >= 15 is 0 Å². The standard InChI is InChI=1S/C12H9ClN2O2/c13-11-6-2-5-10(15-11)12(17)14-8-3-1-4-9(16)7-8/h1-7,16H,(H,14,17). The third-order valence-corrected chi connectivity index (χ3v) is 2.26. The Morgan fingerprint density at radius 3 is 2.71 bits per heavy atom. The molecule has 0 aliphatic carbocycles. The molecule has 86 valence electrons. The van der Waals surface area contributed by atoms with Gasteiger partial charge in [-0.1, -0.05) is 23.7 Å². The third-order valence-electron chi connectivity index (χ3n) is 2.05. The molecule has 17 heavy (non-hydrogen) atoms. The van der Waals surface area contributed by atoms with E-state index in [0.29, 0.717) is 5.69 Å². The second kappa shape index (κ2) is 4.84. The number of nitrogens with one attached hydrogen (secondary N) is 1. The summed E-state index contributed by atoms with van der Waals surface area (Å²) in [7, 11) is 0. The highest BCUT2D eigenvalue weighted by molar-refractivity contribution is 6.29. The molecule has 0 radical (unpaired) electrons. The SMILES string of the molecule is O=C(Nc1cccc(O)c1)c1cccc(Cl)n1. The molecular formula is C12H9ClN2O2. The minimum absolute atomic E-state index is 0.0850. The van der Waals surface area contributed by atoms with Crippen LogP contribution in [0.1, 0.15) is 10.5 Å². The van der Waals surface area contributed by atoms with Crippen molar-refractivity contribution in [1.82, 2.24) is 4.98 Å². The molecular weight excluding hydrogens is 240 g/mol. The number of pyridine rings is 1. The summed E-state index contributed by atoms with van der Waals surface area (Å²) >= 11 is 5.69. The minimum atomic E-state index is -0.377. The number of rotatable bonds is 2. The van der Waals surface area contributed by atoms with Crippen molar-refractivity contribution in [2.45, 2.75) is 0 Å². The number of halogens is 1. The van der Waals surface area contributed by atoms with Crippen LogP contribution in [-0.2, 0) is 0 Å². The van der Waals surface area contributed by atoms with Crippen molar-refractivity contribution in [3.63, 3.8) is 0 Å². The number of anilines is 1. The largest absolute Gasteiger partial charge is 0.508 e. The summed E-state index contributed by atoms with van der Waals surface area (Å²) in [5, 5.41) is 12.1. The molecule has 0 spiro atoms. The van der Waals surface area contributed by atoms with Gasteiger partial charge in [-0.15, -0.1) is 0 Å². The zero-order chi connectivity index (χ0) is 12.3. The second-order valence-electron chi connectivity index (χ2n) is 3.35. The second-order valence-corrected chi connectivity index (χ2v) is 3.74. The van der Waals surface area contributed by atoms with E-state index in [1.165, 1.54) is 12.1 Å². The molecule has 0 aliphatic heterocycles. The molecule has 1 amide bonds. The molecule has 2 aromatic rings. The van der Waals surface area contributed by atoms with Gasteiger partial charge in [0.15, 0.2) is 0 Å².